The Balaban J connectivity index is 0.000000431. The minimum Gasteiger partial charge on any atom is -0.384 e. The number of aromatic nitrogens is 3. The number of pyridine rings is 1. The van der Waals surface area contributed by atoms with Gasteiger partial charge in [-0.15, -0.1) is 0 Å². The van der Waals surface area contributed by atoms with E-state index in [0.717, 1.165) is 5.56 Å². The van der Waals surface area contributed by atoms with Crippen molar-refractivity contribution in [2.24, 2.45) is 5.92 Å². The molecule has 2 heterocycles. The van der Waals surface area contributed by atoms with Crippen molar-refractivity contribution in [3.05, 3.63) is 67.1 Å². The molecule has 1 aromatic carbocycles. The van der Waals surface area contributed by atoms with E-state index >= 15 is 0 Å². The molecule has 0 saturated carbocycles. The second-order valence-electron chi connectivity index (χ2n) is 5.29. The highest BCUT2D eigenvalue weighted by molar-refractivity contribution is 5.63. The van der Waals surface area contributed by atoms with E-state index in [4.69, 9.17) is 5.73 Å². The molecular formula is C20H27F3N4. The molecule has 3 aromatic rings. The van der Waals surface area contributed by atoms with Crippen LogP contribution in [0.1, 0.15) is 27.7 Å². The highest BCUT2D eigenvalue weighted by Gasteiger charge is 2.05. The van der Waals surface area contributed by atoms with Gasteiger partial charge in [-0.2, -0.15) is 0 Å². The van der Waals surface area contributed by atoms with Crippen LogP contribution in [0, 0.1) is 11.7 Å². The fraction of sp³-hybridized carbons (Fsp3) is 0.300. The van der Waals surface area contributed by atoms with Gasteiger partial charge >= 0.3 is 0 Å². The van der Waals surface area contributed by atoms with Crippen molar-refractivity contribution in [2.75, 3.05) is 5.73 Å². The zero-order chi connectivity index (χ0) is 20.7. The first-order chi connectivity index (χ1) is 12.9. The Labute approximate surface area is 158 Å². The number of rotatable bonds is 2. The van der Waals surface area contributed by atoms with Gasteiger partial charge < -0.3 is 10.7 Å². The number of aromatic amines is 1. The second-order valence-corrected chi connectivity index (χ2v) is 5.29. The summed E-state index contributed by atoms with van der Waals surface area (Å²) in [6.45, 7) is 6.98. The summed E-state index contributed by atoms with van der Waals surface area (Å²) in [5.41, 5.74) is 6.71. The molecule has 0 atom stereocenters. The van der Waals surface area contributed by atoms with Gasteiger partial charge in [-0.3, -0.25) is 0 Å². The van der Waals surface area contributed by atoms with Gasteiger partial charge in [0.1, 0.15) is 11.6 Å². The van der Waals surface area contributed by atoms with Gasteiger partial charge in [0.05, 0.1) is 6.33 Å². The number of anilines is 1. The Morgan fingerprint density at radius 2 is 1.67 bits per heavy atom. The molecule has 0 aliphatic heterocycles. The predicted octanol–water partition coefficient (Wildman–Crippen LogP) is 5.81. The fourth-order valence-corrected chi connectivity index (χ4v) is 1.48. The van der Waals surface area contributed by atoms with E-state index in [1.54, 1.807) is 55.2 Å². The Kier molecular flexibility index (Phi) is 12.8. The van der Waals surface area contributed by atoms with E-state index in [9.17, 15) is 13.2 Å². The summed E-state index contributed by atoms with van der Waals surface area (Å²) in [5.74, 6) is -0.297. The van der Waals surface area contributed by atoms with Gasteiger partial charge in [-0.25, -0.2) is 23.1 Å². The van der Waals surface area contributed by atoms with Crippen molar-refractivity contribution < 1.29 is 13.2 Å². The molecule has 0 aliphatic carbocycles. The predicted molar refractivity (Wildman–Crippen MR) is 105 cm³/mol. The summed E-state index contributed by atoms with van der Waals surface area (Å²) in [6.07, 6.45) is 4.50. The molecular weight excluding hydrogens is 353 g/mol. The van der Waals surface area contributed by atoms with Crippen molar-refractivity contribution in [1.29, 1.82) is 0 Å². The van der Waals surface area contributed by atoms with Crippen LogP contribution in [0.5, 0.6) is 0 Å². The zero-order valence-electron chi connectivity index (χ0n) is 16.0. The summed E-state index contributed by atoms with van der Waals surface area (Å²) in [6, 6.07) is 9.98. The highest BCUT2D eigenvalue weighted by Crippen LogP contribution is 2.21. The van der Waals surface area contributed by atoms with Crippen LogP contribution >= 0.6 is 0 Å². The lowest BCUT2D eigenvalue weighted by Crippen LogP contribution is -1.99. The number of benzene rings is 1. The van der Waals surface area contributed by atoms with Gasteiger partial charge in [0, 0.05) is 35.6 Å². The zero-order valence-corrected chi connectivity index (χ0v) is 16.0. The van der Waals surface area contributed by atoms with Gasteiger partial charge in [-0.05, 0) is 18.2 Å². The highest BCUT2D eigenvalue weighted by atomic mass is 19.3. The number of H-pyrrole nitrogens is 1. The summed E-state index contributed by atoms with van der Waals surface area (Å²) in [4.78, 5) is 10.3. The maximum atomic E-state index is 13.3. The van der Waals surface area contributed by atoms with E-state index < -0.39 is 12.3 Å². The maximum absolute atomic E-state index is 13.3. The van der Waals surface area contributed by atoms with Crippen molar-refractivity contribution in [1.82, 2.24) is 15.0 Å². The largest absolute Gasteiger partial charge is 0.384 e. The van der Waals surface area contributed by atoms with E-state index in [1.807, 2.05) is 13.8 Å². The average molecular weight is 380 g/mol. The molecule has 0 spiro atoms. The fourth-order valence-electron chi connectivity index (χ4n) is 1.48. The number of nitrogens with two attached hydrogens (primary N) is 1. The first-order valence-electron chi connectivity index (χ1n) is 8.59. The standard InChI is InChI=1S/C11H9FN2.C4H8F2.C3H4N2.C2H6/c12-10-4-2-1-3-9(10)8-5-6-11(13)14-7-8;1-3(2)4(5)6;1-2-5-3-4-1;1-2/h1-7H,(H2,13,14);3-4H,1-2H3;1-3H,(H,4,5);1-2H3. The lowest BCUT2D eigenvalue weighted by molar-refractivity contribution is 0.0955. The number of nitrogens with zero attached hydrogens (tertiary/aromatic N) is 2. The van der Waals surface area contributed by atoms with Gasteiger partial charge in [0.25, 0.3) is 0 Å². The lowest BCUT2D eigenvalue weighted by Gasteiger charge is -2.02. The molecule has 0 saturated heterocycles. The Morgan fingerprint density at radius 1 is 1.04 bits per heavy atom. The van der Waals surface area contributed by atoms with Crippen molar-refractivity contribution in [3.8, 4) is 11.1 Å². The summed E-state index contributed by atoms with van der Waals surface area (Å²) >= 11 is 0. The van der Waals surface area contributed by atoms with Crippen LogP contribution in [-0.4, -0.2) is 21.4 Å². The minimum absolute atomic E-state index is 0.251. The average Bonchev–Trinajstić information content (AvgIpc) is 3.25. The van der Waals surface area contributed by atoms with Crippen LogP contribution in [0.3, 0.4) is 0 Å². The third-order valence-corrected chi connectivity index (χ3v) is 2.88. The number of nitrogens with one attached hydrogen (secondary N) is 1. The first-order valence-corrected chi connectivity index (χ1v) is 8.59. The smallest absolute Gasteiger partial charge is 0.240 e. The number of nitrogen functional groups attached to an aromatic ring is 1. The molecule has 0 amide bonds. The Hall–Kier alpha value is -2.83. The van der Waals surface area contributed by atoms with E-state index in [2.05, 4.69) is 15.0 Å². The van der Waals surface area contributed by atoms with Crippen molar-refractivity contribution in [3.63, 3.8) is 0 Å². The molecule has 0 fully saturated rings. The second kappa shape index (κ2) is 14.4. The molecule has 27 heavy (non-hydrogen) atoms. The number of hydrogen-bond donors (Lipinski definition) is 2. The molecule has 3 rings (SSSR count). The first kappa shape index (κ1) is 24.2. The number of halogens is 3. The van der Waals surface area contributed by atoms with E-state index in [0.29, 0.717) is 11.4 Å². The summed E-state index contributed by atoms with van der Waals surface area (Å²) in [5, 5.41) is 0. The third kappa shape index (κ3) is 10.7. The molecule has 0 radical (unpaired) electrons. The topological polar surface area (TPSA) is 67.6 Å². The van der Waals surface area contributed by atoms with Gasteiger partial charge in [0.2, 0.25) is 6.43 Å². The van der Waals surface area contributed by atoms with Crippen LogP contribution in [0.2, 0.25) is 0 Å². The number of imidazole rings is 1. The van der Waals surface area contributed by atoms with E-state index in [1.165, 1.54) is 19.9 Å². The molecule has 4 nitrogen and oxygen atoms in total. The van der Waals surface area contributed by atoms with Gasteiger partial charge in [0.15, 0.2) is 0 Å². The SMILES string of the molecule is CC.CC(C)C(F)F.Nc1ccc(-c2ccccc2F)cn1.c1c[nH]cn1. The summed E-state index contributed by atoms with van der Waals surface area (Å²) in [7, 11) is 0. The van der Waals surface area contributed by atoms with Crippen molar-refractivity contribution in [2.45, 2.75) is 34.1 Å². The van der Waals surface area contributed by atoms with Crippen LogP contribution in [0.15, 0.2) is 61.3 Å². The normalized spacial score (nSPS) is 9.37. The molecule has 7 heteroatoms. The quantitative estimate of drug-likeness (QED) is 0.589. The monoisotopic (exact) mass is 380 g/mol. The molecule has 0 aliphatic rings. The Morgan fingerprint density at radius 3 is 2.04 bits per heavy atom. The minimum atomic E-state index is -2.15. The summed E-state index contributed by atoms with van der Waals surface area (Å²) < 4.78 is 35.6. The third-order valence-electron chi connectivity index (χ3n) is 2.88. The van der Waals surface area contributed by atoms with Crippen LogP contribution in [0.4, 0.5) is 19.0 Å². The molecule has 0 bridgehead atoms. The molecule has 3 N–H and O–H groups in total. The number of hydrogen-bond acceptors (Lipinski definition) is 3. The van der Waals surface area contributed by atoms with Gasteiger partial charge in [-0.1, -0.05) is 45.9 Å². The maximum Gasteiger partial charge on any atom is 0.240 e. The van der Waals surface area contributed by atoms with Crippen LogP contribution in [0.25, 0.3) is 11.1 Å². The van der Waals surface area contributed by atoms with Crippen molar-refractivity contribution >= 4 is 5.82 Å². The molecule has 148 valence electrons. The molecule has 2 aromatic heterocycles. The Bertz CT molecular complexity index is 676. The van der Waals surface area contributed by atoms with Crippen LogP contribution < -0.4 is 5.73 Å². The van der Waals surface area contributed by atoms with Crippen LogP contribution in [-0.2, 0) is 0 Å². The number of alkyl halides is 2. The molecule has 0 unspecified atom stereocenters. The lowest BCUT2D eigenvalue weighted by atomic mass is 10.1. The van der Waals surface area contributed by atoms with E-state index in [-0.39, 0.29) is 5.82 Å².